The van der Waals surface area contributed by atoms with E-state index in [1.54, 1.807) is 41.3 Å². The monoisotopic (exact) mass is 444 g/mol. The highest BCUT2D eigenvalue weighted by Gasteiger charge is 2.30. The van der Waals surface area contributed by atoms with E-state index in [2.05, 4.69) is 10.6 Å². The van der Waals surface area contributed by atoms with Gasteiger partial charge in [0, 0.05) is 32.2 Å². The molecule has 0 spiro atoms. The number of piperazine rings is 1. The summed E-state index contributed by atoms with van der Waals surface area (Å²) < 4.78 is 26.9. The normalized spacial score (nSPS) is 15.0. The highest BCUT2D eigenvalue weighted by molar-refractivity contribution is 7.88. The first-order chi connectivity index (χ1) is 14.8. The topological polar surface area (TPSA) is 98.8 Å². The Bertz CT molecular complexity index is 1020. The Balaban J connectivity index is 1.64. The van der Waals surface area contributed by atoms with Crippen LogP contribution in [0.25, 0.3) is 0 Å². The lowest BCUT2D eigenvalue weighted by atomic mass is 10.1. The van der Waals surface area contributed by atoms with E-state index < -0.39 is 10.0 Å². The van der Waals surface area contributed by atoms with Gasteiger partial charge in [-0.3, -0.25) is 4.79 Å². The molecule has 9 heteroatoms. The number of benzene rings is 2. The van der Waals surface area contributed by atoms with Crippen molar-refractivity contribution in [2.45, 2.75) is 25.6 Å². The Morgan fingerprint density at radius 2 is 1.55 bits per heavy atom. The Morgan fingerprint density at radius 3 is 2.19 bits per heavy atom. The van der Waals surface area contributed by atoms with Crippen LogP contribution in [-0.4, -0.2) is 61.8 Å². The summed E-state index contributed by atoms with van der Waals surface area (Å²) in [5.74, 6) is -0.292. The third-order valence-electron chi connectivity index (χ3n) is 4.94. The number of amides is 3. The number of sulfonamides is 1. The molecule has 3 rings (SSSR count). The maximum absolute atomic E-state index is 13.1. The fourth-order valence-corrected chi connectivity index (χ4v) is 4.93. The minimum Gasteiger partial charge on any atom is -0.336 e. The van der Waals surface area contributed by atoms with Crippen LogP contribution in [0, 0.1) is 0 Å². The number of hydrogen-bond acceptors (Lipinski definition) is 4. The summed E-state index contributed by atoms with van der Waals surface area (Å²) in [6.07, 6.45) is 0. The van der Waals surface area contributed by atoms with E-state index in [9.17, 15) is 18.0 Å². The van der Waals surface area contributed by atoms with E-state index in [1.807, 2.05) is 32.0 Å². The van der Waals surface area contributed by atoms with Crippen LogP contribution in [0.2, 0.25) is 0 Å². The third-order valence-corrected chi connectivity index (χ3v) is 6.79. The minimum absolute atomic E-state index is 0.0335. The summed E-state index contributed by atoms with van der Waals surface area (Å²) in [7, 11) is -3.46. The molecule has 0 aromatic heterocycles. The molecule has 1 aliphatic heterocycles. The van der Waals surface area contributed by atoms with Gasteiger partial charge in [0.05, 0.1) is 17.0 Å². The lowest BCUT2D eigenvalue weighted by Crippen LogP contribution is -2.50. The van der Waals surface area contributed by atoms with Crippen LogP contribution in [0.3, 0.4) is 0 Å². The maximum Gasteiger partial charge on any atom is 0.319 e. The van der Waals surface area contributed by atoms with Crippen LogP contribution in [0.15, 0.2) is 54.6 Å². The van der Waals surface area contributed by atoms with Crippen LogP contribution < -0.4 is 10.6 Å². The minimum atomic E-state index is -3.46. The molecule has 0 saturated carbocycles. The number of para-hydroxylation sites is 1. The van der Waals surface area contributed by atoms with Crippen LogP contribution in [0.4, 0.5) is 10.5 Å². The van der Waals surface area contributed by atoms with E-state index in [4.69, 9.17) is 0 Å². The van der Waals surface area contributed by atoms with Gasteiger partial charge in [0.1, 0.15) is 0 Å². The van der Waals surface area contributed by atoms with Crippen molar-refractivity contribution in [3.8, 4) is 0 Å². The average molecular weight is 445 g/mol. The SMILES string of the molecule is CC(C)NC(=O)Nc1ccccc1C(=O)N1CCN(S(=O)(=O)Cc2ccccc2)CC1. The fraction of sp³-hybridized carbons (Fsp3) is 0.364. The van der Waals surface area contributed by atoms with Crippen molar-refractivity contribution in [1.29, 1.82) is 0 Å². The van der Waals surface area contributed by atoms with Gasteiger partial charge >= 0.3 is 6.03 Å². The molecule has 8 nitrogen and oxygen atoms in total. The summed E-state index contributed by atoms with van der Waals surface area (Å²) in [6, 6.07) is 15.4. The van der Waals surface area contributed by atoms with E-state index in [0.717, 1.165) is 5.56 Å². The predicted octanol–water partition coefficient (Wildman–Crippen LogP) is 2.50. The zero-order valence-corrected chi connectivity index (χ0v) is 18.6. The van der Waals surface area contributed by atoms with Crippen LogP contribution in [0.5, 0.6) is 0 Å². The Hall–Kier alpha value is -2.91. The number of carbonyl (C=O) groups excluding carboxylic acids is 2. The molecular formula is C22H28N4O4S. The van der Waals surface area contributed by atoms with E-state index in [0.29, 0.717) is 24.3 Å². The molecule has 1 aliphatic rings. The van der Waals surface area contributed by atoms with E-state index >= 15 is 0 Å². The van der Waals surface area contributed by atoms with Crippen molar-refractivity contribution >= 4 is 27.6 Å². The van der Waals surface area contributed by atoms with Crippen LogP contribution in [0.1, 0.15) is 29.8 Å². The molecule has 166 valence electrons. The van der Waals surface area contributed by atoms with Crippen molar-refractivity contribution in [3.63, 3.8) is 0 Å². The average Bonchev–Trinajstić information content (AvgIpc) is 2.73. The van der Waals surface area contributed by atoms with Crippen molar-refractivity contribution < 1.29 is 18.0 Å². The van der Waals surface area contributed by atoms with Gasteiger partial charge in [-0.1, -0.05) is 42.5 Å². The van der Waals surface area contributed by atoms with Gasteiger partial charge in [-0.05, 0) is 31.5 Å². The van der Waals surface area contributed by atoms with Gasteiger partial charge in [0.2, 0.25) is 10.0 Å². The van der Waals surface area contributed by atoms with Gasteiger partial charge in [-0.2, -0.15) is 4.31 Å². The van der Waals surface area contributed by atoms with Crippen molar-refractivity contribution in [1.82, 2.24) is 14.5 Å². The van der Waals surface area contributed by atoms with Gasteiger partial charge in [-0.15, -0.1) is 0 Å². The van der Waals surface area contributed by atoms with Crippen molar-refractivity contribution in [3.05, 3.63) is 65.7 Å². The first-order valence-electron chi connectivity index (χ1n) is 10.2. The number of rotatable bonds is 6. The summed E-state index contributed by atoms with van der Waals surface area (Å²) in [5.41, 5.74) is 1.53. The van der Waals surface area contributed by atoms with Crippen LogP contribution >= 0.6 is 0 Å². The second-order valence-electron chi connectivity index (χ2n) is 7.73. The standard InChI is InChI=1S/C22H28N4O4S/c1-17(2)23-22(28)24-20-11-7-6-10-19(20)21(27)25-12-14-26(15-13-25)31(29,30)16-18-8-4-3-5-9-18/h3-11,17H,12-16H2,1-2H3,(H2,23,24,28). The molecular weight excluding hydrogens is 416 g/mol. The quantitative estimate of drug-likeness (QED) is 0.715. The summed E-state index contributed by atoms with van der Waals surface area (Å²) in [6.45, 7) is 4.76. The molecule has 1 fully saturated rings. The maximum atomic E-state index is 13.1. The second-order valence-corrected chi connectivity index (χ2v) is 9.70. The largest absolute Gasteiger partial charge is 0.336 e. The molecule has 0 bridgehead atoms. The lowest BCUT2D eigenvalue weighted by molar-refractivity contribution is 0.0699. The number of hydrogen-bond donors (Lipinski definition) is 2. The highest BCUT2D eigenvalue weighted by atomic mass is 32.2. The highest BCUT2D eigenvalue weighted by Crippen LogP contribution is 2.20. The smallest absolute Gasteiger partial charge is 0.319 e. The van der Waals surface area contributed by atoms with Gasteiger partial charge < -0.3 is 15.5 Å². The second kappa shape index (κ2) is 9.93. The molecule has 2 N–H and O–H groups in total. The Labute approximate surface area is 183 Å². The van der Waals surface area contributed by atoms with Crippen LogP contribution in [-0.2, 0) is 15.8 Å². The zero-order chi connectivity index (χ0) is 22.4. The fourth-order valence-electron chi connectivity index (χ4n) is 3.42. The number of urea groups is 1. The van der Waals surface area contributed by atoms with Crippen molar-refractivity contribution in [2.24, 2.45) is 0 Å². The Morgan fingerprint density at radius 1 is 0.935 bits per heavy atom. The molecule has 3 amide bonds. The molecule has 0 radical (unpaired) electrons. The molecule has 1 saturated heterocycles. The number of nitrogens with one attached hydrogen (secondary N) is 2. The molecule has 2 aromatic rings. The third kappa shape index (κ3) is 6.05. The molecule has 0 unspecified atom stereocenters. The van der Waals surface area contributed by atoms with Gasteiger partial charge in [0.15, 0.2) is 0 Å². The summed E-state index contributed by atoms with van der Waals surface area (Å²) >= 11 is 0. The lowest BCUT2D eigenvalue weighted by Gasteiger charge is -2.34. The van der Waals surface area contributed by atoms with Gasteiger partial charge in [0.25, 0.3) is 5.91 Å². The molecule has 2 aromatic carbocycles. The van der Waals surface area contributed by atoms with E-state index in [1.165, 1.54) is 4.31 Å². The first-order valence-corrected chi connectivity index (χ1v) is 11.8. The molecule has 0 aliphatic carbocycles. The molecule has 0 atom stereocenters. The summed E-state index contributed by atoms with van der Waals surface area (Å²) in [5, 5.41) is 5.45. The Kier molecular flexibility index (Phi) is 7.29. The summed E-state index contributed by atoms with van der Waals surface area (Å²) in [4.78, 5) is 26.7. The number of nitrogens with zero attached hydrogens (tertiary/aromatic N) is 2. The first kappa shape index (κ1) is 22.8. The predicted molar refractivity (Wildman–Crippen MR) is 120 cm³/mol. The van der Waals surface area contributed by atoms with Gasteiger partial charge in [-0.25, -0.2) is 13.2 Å². The van der Waals surface area contributed by atoms with E-state index in [-0.39, 0.29) is 36.8 Å². The number of anilines is 1. The molecule has 31 heavy (non-hydrogen) atoms. The zero-order valence-electron chi connectivity index (χ0n) is 17.7. The molecule has 1 heterocycles. The van der Waals surface area contributed by atoms with Crippen molar-refractivity contribution in [2.75, 3.05) is 31.5 Å². The number of carbonyl (C=O) groups is 2.